The lowest BCUT2D eigenvalue weighted by molar-refractivity contribution is -0.154. The van der Waals surface area contributed by atoms with Crippen molar-refractivity contribution in [2.45, 2.75) is 108 Å². The van der Waals surface area contributed by atoms with E-state index in [0.717, 1.165) is 73.5 Å². The number of aryl methyl sites for hydroxylation is 1. The van der Waals surface area contributed by atoms with Crippen LogP contribution in [0.25, 0.3) is 10.8 Å². The molecule has 4 aliphatic rings. The van der Waals surface area contributed by atoms with Crippen molar-refractivity contribution in [1.29, 1.82) is 0 Å². The van der Waals surface area contributed by atoms with Crippen LogP contribution in [0.4, 0.5) is 0 Å². The molecule has 3 heterocycles. The summed E-state index contributed by atoms with van der Waals surface area (Å²) >= 11 is 0. The van der Waals surface area contributed by atoms with Crippen LogP contribution in [0.5, 0.6) is 11.6 Å². The molecule has 2 saturated carbocycles. The number of pyridine rings is 1. The first kappa shape index (κ1) is 36.6. The Morgan fingerprint density at radius 2 is 1.96 bits per heavy atom. The fraction of sp³-hybridized carbons (Fsp3) is 0.641. The standard InChI is InChI=1S/C39H53N2O8P/c1-6-28-21-39(28,50(5,45)46)22-33(42)32-19-29-23-41(32)37(44)31(25-11-8-7-9-12-25)20-35(43)48-24-38(2,3)15-10-13-27-17-30-26(18-34(27)47-4)14-16-40-36(30)49-29/h6,14,16-18,25,28-29,31-32H,1,7-13,15,19-24H2,2-5H3,(H,45,46)/t28?,29-,31+,32+,39?/m1/s1. The lowest BCUT2D eigenvalue weighted by Crippen LogP contribution is -2.47. The summed E-state index contributed by atoms with van der Waals surface area (Å²) in [5.74, 6) is -0.589. The third-order valence-corrected chi connectivity index (χ3v) is 14.2. The Bertz CT molecular complexity index is 1680. The summed E-state index contributed by atoms with van der Waals surface area (Å²) in [6, 6.07) is 5.08. The van der Waals surface area contributed by atoms with Gasteiger partial charge in [0, 0.05) is 31.1 Å². The summed E-state index contributed by atoms with van der Waals surface area (Å²) in [5, 5.41) is 0.655. The summed E-state index contributed by atoms with van der Waals surface area (Å²) in [7, 11) is -2.01. The maximum Gasteiger partial charge on any atom is 0.306 e. The molecule has 1 aromatic carbocycles. The van der Waals surface area contributed by atoms with Gasteiger partial charge >= 0.3 is 5.97 Å². The molecular weight excluding hydrogens is 655 g/mol. The summed E-state index contributed by atoms with van der Waals surface area (Å²) < 4.78 is 31.4. The van der Waals surface area contributed by atoms with Crippen molar-refractivity contribution in [3.8, 4) is 11.6 Å². The number of cyclic esters (lactones) is 1. The fourth-order valence-electron chi connectivity index (χ4n) is 8.71. The van der Waals surface area contributed by atoms with Crippen LogP contribution in [-0.4, -0.2) is 76.7 Å². The average molecular weight is 709 g/mol. The van der Waals surface area contributed by atoms with Gasteiger partial charge in [0.05, 0.1) is 43.8 Å². The van der Waals surface area contributed by atoms with E-state index < -0.39 is 36.6 Å². The van der Waals surface area contributed by atoms with Gasteiger partial charge < -0.3 is 24.0 Å². The normalized spacial score (nSPS) is 30.5. The number of benzene rings is 1. The summed E-state index contributed by atoms with van der Waals surface area (Å²) in [6.07, 6.45) is 10.4. The number of amides is 1. The molecule has 2 aliphatic carbocycles. The highest BCUT2D eigenvalue weighted by atomic mass is 31.2. The molecule has 272 valence electrons. The lowest BCUT2D eigenvalue weighted by Gasteiger charge is -2.34. The molecule has 6 atom stereocenters. The first-order valence-electron chi connectivity index (χ1n) is 18.3. The first-order valence-corrected chi connectivity index (χ1v) is 20.4. The van der Waals surface area contributed by atoms with Gasteiger partial charge in [0.2, 0.25) is 19.2 Å². The zero-order chi connectivity index (χ0) is 35.8. The molecule has 0 radical (unpaired) electrons. The quantitative estimate of drug-likeness (QED) is 0.186. The molecule has 1 saturated heterocycles. The first-order chi connectivity index (χ1) is 23.7. The molecule has 1 amide bonds. The number of Topliss-reactive ketones (excluding diaryl/α,β-unsaturated/α-hetero) is 1. The van der Waals surface area contributed by atoms with Gasteiger partial charge in [-0.15, -0.1) is 6.58 Å². The molecule has 3 fully saturated rings. The number of hydrogen-bond acceptors (Lipinski definition) is 8. The monoisotopic (exact) mass is 708 g/mol. The second kappa shape index (κ2) is 14.4. The van der Waals surface area contributed by atoms with E-state index in [-0.39, 0.29) is 61.4 Å². The maximum absolute atomic E-state index is 14.7. The molecule has 2 aromatic rings. The highest BCUT2D eigenvalue weighted by Gasteiger charge is 2.63. The molecule has 0 spiro atoms. The van der Waals surface area contributed by atoms with Gasteiger partial charge in [-0.3, -0.25) is 18.9 Å². The Kier molecular flexibility index (Phi) is 10.5. The topological polar surface area (TPSA) is 132 Å². The summed E-state index contributed by atoms with van der Waals surface area (Å²) in [6.45, 7) is 9.70. The summed E-state index contributed by atoms with van der Waals surface area (Å²) in [4.78, 5) is 59.5. The maximum atomic E-state index is 14.7. The zero-order valence-corrected chi connectivity index (χ0v) is 30.9. The second-order valence-electron chi connectivity index (χ2n) is 16.0. The third-order valence-electron chi connectivity index (χ3n) is 11.9. The van der Waals surface area contributed by atoms with Crippen LogP contribution in [0.2, 0.25) is 0 Å². The van der Waals surface area contributed by atoms with Crippen molar-refractivity contribution in [3.63, 3.8) is 0 Å². The zero-order valence-electron chi connectivity index (χ0n) is 30.0. The van der Waals surface area contributed by atoms with Crippen LogP contribution < -0.4 is 9.47 Å². The second-order valence-corrected chi connectivity index (χ2v) is 18.7. The van der Waals surface area contributed by atoms with Crippen LogP contribution in [0.3, 0.4) is 0 Å². The van der Waals surface area contributed by atoms with E-state index in [1.54, 1.807) is 24.3 Å². The SMILES string of the molecule is C=CC1CC1(CC(=O)[C@@H]1C[C@@H]2CN1C(=O)[C@H](C1CCCCC1)CC(=O)OCC(C)(C)CCCc1cc3c(nccc3cc1OC)O2)P(C)(=O)O. The van der Waals surface area contributed by atoms with Gasteiger partial charge in [0.15, 0.2) is 5.78 Å². The number of nitrogens with zero attached hydrogens (tertiary/aromatic N) is 2. The highest BCUT2D eigenvalue weighted by molar-refractivity contribution is 7.59. The number of allylic oxidation sites excluding steroid dienone is 1. The number of carbonyl (C=O) groups is 3. The molecule has 1 aromatic heterocycles. The van der Waals surface area contributed by atoms with Crippen LogP contribution in [-0.2, 0) is 30.1 Å². The molecule has 10 nitrogen and oxygen atoms in total. The molecule has 11 heteroatoms. The van der Waals surface area contributed by atoms with Crippen molar-refractivity contribution in [2.24, 2.45) is 23.2 Å². The Morgan fingerprint density at radius 3 is 2.64 bits per heavy atom. The largest absolute Gasteiger partial charge is 0.496 e. The van der Waals surface area contributed by atoms with Crippen molar-refractivity contribution >= 4 is 35.8 Å². The fourth-order valence-corrected chi connectivity index (χ4v) is 10.4. The molecule has 3 unspecified atom stereocenters. The van der Waals surface area contributed by atoms with Gasteiger partial charge in [0.25, 0.3) is 0 Å². The number of ketones is 1. The third kappa shape index (κ3) is 7.52. The van der Waals surface area contributed by atoms with E-state index >= 15 is 0 Å². The Hall–Kier alpha value is -3.23. The Balaban J connectivity index is 1.39. The lowest BCUT2D eigenvalue weighted by atomic mass is 9.77. The molecule has 2 aliphatic heterocycles. The average Bonchev–Trinajstić information content (AvgIpc) is 3.66. The van der Waals surface area contributed by atoms with E-state index in [0.29, 0.717) is 12.3 Å². The van der Waals surface area contributed by atoms with Crippen molar-refractivity contribution < 1.29 is 38.1 Å². The van der Waals surface area contributed by atoms with Gasteiger partial charge in [-0.1, -0.05) is 39.2 Å². The van der Waals surface area contributed by atoms with E-state index in [1.165, 1.54) is 6.66 Å². The Morgan fingerprint density at radius 1 is 1.20 bits per heavy atom. The van der Waals surface area contributed by atoms with Crippen LogP contribution in [0.1, 0.15) is 90.0 Å². The molecule has 50 heavy (non-hydrogen) atoms. The number of fused-ring (bicyclic) bond motifs is 3. The van der Waals surface area contributed by atoms with Crippen molar-refractivity contribution in [2.75, 3.05) is 26.9 Å². The molecule has 1 N–H and O–H groups in total. The minimum absolute atomic E-state index is 0.000479. The number of aromatic nitrogens is 1. The van der Waals surface area contributed by atoms with Gasteiger partial charge in [0.1, 0.15) is 11.9 Å². The number of methoxy groups -OCH3 is 1. The summed E-state index contributed by atoms with van der Waals surface area (Å²) in [5.41, 5.74) is 0.733. The minimum atomic E-state index is -3.66. The van der Waals surface area contributed by atoms with Crippen molar-refractivity contribution in [1.82, 2.24) is 9.88 Å². The Labute approximate surface area is 295 Å². The van der Waals surface area contributed by atoms with Gasteiger partial charge in [-0.2, -0.15) is 0 Å². The number of ether oxygens (including phenoxy) is 3. The molecule has 4 bridgehead atoms. The smallest absolute Gasteiger partial charge is 0.306 e. The van der Waals surface area contributed by atoms with E-state index in [9.17, 15) is 23.8 Å². The van der Waals surface area contributed by atoms with Crippen LogP contribution >= 0.6 is 7.37 Å². The number of hydrogen-bond donors (Lipinski definition) is 1. The van der Waals surface area contributed by atoms with Gasteiger partial charge in [-0.05, 0) is 84.9 Å². The minimum Gasteiger partial charge on any atom is -0.496 e. The van der Waals surface area contributed by atoms with Gasteiger partial charge in [-0.25, -0.2) is 4.98 Å². The van der Waals surface area contributed by atoms with Crippen LogP contribution in [0.15, 0.2) is 37.1 Å². The highest BCUT2D eigenvalue weighted by Crippen LogP contribution is 2.71. The number of rotatable bonds is 7. The predicted molar refractivity (Wildman–Crippen MR) is 192 cm³/mol. The number of carbonyl (C=O) groups excluding carboxylic acids is 3. The van der Waals surface area contributed by atoms with Crippen LogP contribution in [0, 0.1) is 23.2 Å². The van der Waals surface area contributed by atoms with E-state index in [2.05, 4.69) is 31.5 Å². The molecular formula is C39H53N2O8P. The van der Waals surface area contributed by atoms with E-state index in [1.807, 2.05) is 12.1 Å². The van der Waals surface area contributed by atoms with Crippen molar-refractivity contribution in [3.05, 3.63) is 42.6 Å². The molecule has 6 rings (SSSR count). The number of esters is 1. The predicted octanol–water partition coefficient (Wildman–Crippen LogP) is 6.89. The van der Waals surface area contributed by atoms with E-state index in [4.69, 9.17) is 14.2 Å².